The number of hydrogen-bond acceptors (Lipinski definition) is 5. The van der Waals surface area contributed by atoms with Crippen molar-refractivity contribution in [1.29, 1.82) is 5.41 Å². The van der Waals surface area contributed by atoms with Gasteiger partial charge >= 0.3 is 5.97 Å². The van der Waals surface area contributed by atoms with Gasteiger partial charge in [-0.15, -0.1) is 0 Å². The van der Waals surface area contributed by atoms with E-state index in [1.807, 2.05) is 0 Å². The summed E-state index contributed by atoms with van der Waals surface area (Å²) in [5.74, 6) is -1.29. The quantitative estimate of drug-likeness (QED) is 0.262. The lowest BCUT2D eigenvalue weighted by molar-refractivity contribution is -0.150. The number of nitrogen functional groups attached to an aromatic ring is 1. The van der Waals surface area contributed by atoms with Gasteiger partial charge in [-0.05, 0) is 30.7 Å². The number of nitrogens with two attached hydrogens (primary N) is 1. The number of carboxylic acid groups (broad SMARTS) is 1. The van der Waals surface area contributed by atoms with E-state index in [1.165, 1.54) is 0 Å². The van der Waals surface area contributed by atoms with Crippen LogP contribution in [-0.2, 0) is 20.9 Å². The predicted molar refractivity (Wildman–Crippen MR) is 119 cm³/mol. The monoisotopic (exact) mass is 447 g/mol. The molecule has 1 aromatic carbocycles. The average molecular weight is 448 g/mol. The van der Waals surface area contributed by atoms with Gasteiger partial charge < -0.3 is 26.5 Å². The Hall–Kier alpha value is -2.98. The Labute approximate surface area is 187 Å². The topological polar surface area (TPSA) is 180 Å². The summed E-state index contributed by atoms with van der Waals surface area (Å²) in [6.45, 7) is 0.551. The summed E-state index contributed by atoms with van der Waals surface area (Å²) in [4.78, 5) is 38.5. The van der Waals surface area contributed by atoms with Gasteiger partial charge in [0.15, 0.2) is 0 Å². The molecular formula is C22H33N5O5. The molecule has 2 amide bonds. The van der Waals surface area contributed by atoms with E-state index in [0.717, 1.165) is 37.7 Å². The van der Waals surface area contributed by atoms with Gasteiger partial charge in [0.05, 0.1) is 12.6 Å². The highest BCUT2D eigenvalue weighted by Crippen LogP contribution is 2.29. The molecule has 0 unspecified atom stereocenters. The van der Waals surface area contributed by atoms with Gasteiger partial charge in [0.25, 0.3) is 0 Å². The third-order valence-corrected chi connectivity index (χ3v) is 6.20. The number of carbonyl (C=O) groups excluding carboxylic acids is 2. The molecule has 0 bridgehead atoms. The van der Waals surface area contributed by atoms with Crippen molar-refractivity contribution < 1.29 is 25.0 Å². The Morgan fingerprint density at radius 1 is 1.12 bits per heavy atom. The Balaban J connectivity index is 0.00000363. The summed E-state index contributed by atoms with van der Waals surface area (Å²) in [6.07, 6.45) is 5.59. The van der Waals surface area contributed by atoms with E-state index in [4.69, 9.17) is 16.2 Å². The Morgan fingerprint density at radius 2 is 1.78 bits per heavy atom. The van der Waals surface area contributed by atoms with Crippen molar-refractivity contribution in [2.45, 2.75) is 57.2 Å². The highest BCUT2D eigenvalue weighted by atomic mass is 16.4. The zero-order chi connectivity index (χ0) is 22.4. The Morgan fingerprint density at radius 3 is 2.31 bits per heavy atom. The number of carbonyl (C=O) groups is 3. The second kappa shape index (κ2) is 11.6. The van der Waals surface area contributed by atoms with E-state index in [9.17, 15) is 14.4 Å². The number of rotatable bonds is 9. The van der Waals surface area contributed by atoms with Crippen LogP contribution in [0.5, 0.6) is 0 Å². The van der Waals surface area contributed by atoms with Gasteiger partial charge in [-0.2, -0.15) is 0 Å². The minimum atomic E-state index is -0.998. The largest absolute Gasteiger partial charge is 0.480 e. The van der Waals surface area contributed by atoms with E-state index < -0.39 is 18.1 Å². The van der Waals surface area contributed by atoms with Crippen molar-refractivity contribution in [3.63, 3.8) is 0 Å². The minimum absolute atomic E-state index is 0. The first-order valence-electron chi connectivity index (χ1n) is 10.8. The number of benzene rings is 1. The SMILES string of the molecule is N=C(N)c1ccc(CNC(=O)[C@@H]2CCN2C(=O)[C@H](NCC(=O)O)C2CCCCC2)cc1.O. The molecule has 8 N–H and O–H groups in total. The lowest BCUT2D eigenvalue weighted by Crippen LogP contribution is -2.63. The molecule has 176 valence electrons. The fraction of sp³-hybridized carbons (Fsp3) is 0.545. The van der Waals surface area contributed by atoms with Gasteiger partial charge in [0.2, 0.25) is 11.8 Å². The second-order valence-corrected chi connectivity index (χ2v) is 8.31. The number of nitrogens with one attached hydrogen (secondary N) is 3. The van der Waals surface area contributed by atoms with E-state index in [1.54, 1.807) is 29.2 Å². The molecule has 1 heterocycles. The number of aliphatic carboxylic acids is 1. The van der Waals surface area contributed by atoms with Crippen LogP contribution in [-0.4, -0.2) is 64.3 Å². The standard InChI is InChI=1S/C22H31N5O4.H2O/c23-20(24)16-8-6-14(7-9-16)12-26-21(30)17-10-11-27(17)22(31)19(25-13-18(28)29)15-4-2-1-3-5-15;/h6-9,15,17,19,25H,1-5,10-13H2,(H3,23,24)(H,26,30)(H,28,29);1H2/t17-,19+;/m0./s1. The number of amidine groups is 1. The number of amides is 2. The summed E-state index contributed by atoms with van der Waals surface area (Å²) >= 11 is 0. The van der Waals surface area contributed by atoms with Gasteiger partial charge in [-0.25, -0.2) is 0 Å². The minimum Gasteiger partial charge on any atom is -0.480 e. The molecule has 1 saturated carbocycles. The molecule has 32 heavy (non-hydrogen) atoms. The smallest absolute Gasteiger partial charge is 0.317 e. The fourth-order valence-electron chi connectivity index (χ4n) is 4.33. The van der Waals surface area contributed by atoms with Crippen LogP contribution in [0.1, 0.15) is 49.7 Å². The number of carboxylic acids is 1. The number of nitrogens with zero attached hydrogens (tertiary/aromatic N) is 1. The summed E-state index contributed by atoms with van der Waals surface area (Å²) in [6, 6.07) is 5.97. The molecule has 0 radical (unpaired) electrons. The van der Waals surface area contributed by atoms with Crippen LogP contribution in [0.3, 0.4) is 0 Å². The van der Waals surface area contributed by atoms with E-state index in [0.29, 0.717) is 25.1 Å². The van der Waals surface area contributed by atoms with Crippen LogP contribution in [0.2, 0.25) is 0 Å². The zero-order valence-corrected chi connectivity index (χ0v) is 18.1. The van der Waals surface area contributed by atoms with Crippen LogP contribution in [0.15, 0.2) is 24.3 Å². The molecule has 10 nitrogen and oxygen atoms in total. The maximum absolute atomic E-state index is 13.2. The first-order chi connectivity index (χ1) is 14.9. The maximum atomic E-state index is 13.2. The van der Waals surface area contributed by atoms with E-state index in [2.05, 4.69) is 10.6 Å². The maximum Gasteiger partial charge on any atom is 0.317 e. The number of hydrogen-bond donors (Lipinski definition) is 5. The summed E-state index contributed by atoms with van der Waals surface area (Å²) < 4.78 is 0. The molecule has 0 spiro atoms. The van der Waals surface area contributed by atoms with Gasteiger partial charge in [-0.1, -0.05) is 43.5 Å². The summed E-state index contributed by atoms with van der Waals surface area (Å²) in [5, 5.41) is 22.3. The van der Waals surface area contributed by atoms with Gasteiger partial charge in [-0.3, -0.25) is 25.1 Å². The Bertz CT molecular complexity index is 823. The van der Waals surface area contributed by atoms with Crippen molar-refractivity contribution in [2.75, 3.05) is 13.1 Å². The van der Waals surface area contributed by atoms with Gasteiger partial charge in [0.1, 0.15) is 11.9 Å². The predicted octanol–water partition coefficient (Wildman–Crippen LogP) is -0.0138. The van der Waals surface area contributed by atoms with Crippen molar-refractivity contribution >= 4 is 23.6 Å². The van der Waals surface area contributed by atoms with E-state index in [-0.39, 0.29) is 35.6 Å². The van der Waals surface area contributed by atoms with Crippen LogP contribution in [0.4, 0.5) is 0 Å². The molecule has 2 fully saturated rings. The molecule has 0 aromatic heterocycles. The third-order valence-electron chi connectivity index (χ3n) is 6.20. The zero-order valence-electron chi connectivity index (χ0n) is 18.1. The molecule has 2 atom stereocenters. The van der Waals surface area contributed by atoms with Crippen molar-refractivity contribution in [1.82, 2.24) is 15.5 Å². The van der Waals surface area contributed by atoms with Crippen LogP contribution in [0, 0.1) is 11.3 Å². The first-order valence-corrected chi connectivity index (χ1v) is 10.8. The van der Waals surface area contributed by atoms with Crippen molar-refractivity contribution in [3.8, 4) is 0 Å². The van der Waals surface area contributed by atoms with Crippen molar-refractivity contribution in [2.24, 2.45) is 11.7 Å². The van der Waals surface area contributed by atoms with Gasteiger partial charge in [0, 0.05) is 18.7 Å². The molecule has 1 aliphatic carbocycles. The number of likely N-dealkylation sites (tertiary alicyclic amines) is 1. The van der Waals surface area contributed by atoms with Crippen LogP contribution < -0.4 is 16.4 Å². The summed E-state index contributed by atoms with van der Waals surface area (Å²) in [7, 11) is 0. The Kier molecular flexibility index (Phi) is 9.15. The normalized spacial score (nSPS) is 19.2. The summed E-state index contributed by atoms with van der Waals surface area (Å²) in [5.41, 5.74) is 6.94. The van der Waals surface area contributed by atoms with E-state index >= 15 is 0 Å². The third kappa shape index (κ3) is 6.27. The van der Waals surface area contributed by atoms with Crippen molar-refractivity contribution in [3.05, 3.63) is 35.4 Å². The average Bonchev–Trinajstić information content (AvgIpc) is 2.72. The first kappa shape index (κ1) is 25.3. The highest BCUT2D eigenvalue weighted by Gasteiger charge is 2.42. The lowest BCUT2D eigenvalue weighted by atomic mass is 9.82. The molecule has 1 saturated heterocycles. The highest BCUT2D eigenvalue weighted by molar-refractivity contribution is 5.95. The molecule has 10 heteroatoms. The van der Waals surface area contributed by atoms with Crippen LogP contribution in [0.25, 0.3) is 0 Å². The molecule has 3 rings (SSSR count). The lowest BCUT2D eigenvalue weighted by Gasteiger charge is -2.43. The molecule has 1 aromatic rings. The molecule has 1 aliphatic heterocycles. The molecular weight excluding hydrogens is 414 g/mol. The molecule has 2 aliphatic rings. The van der Waals surface area contributed by atoms with Crippen LogP contribution >= 0.6 is 0 Å². The fourth-order valence-corrected chi connectivity index (χ4v) is 4.33. The second-order valence-electron chi connectivity index (χ2n) is 8.31.